The fraction of sp³-hybridized carbons (Fsp3) is 0.333. The molecule has 1 amide bonds. The number of hydrogen-bond donors (Lipinski definition) is 7. The molecule has 424 valence electrons. The lowest BCUT2D eigenvalue weighted by atomic mass is 9.70. The minimum atomic E-state index is -4.13. The first-order valence-corrected chi connectivity index (χ1v) is 29.9. The summed E-state index contributed by atoms with van der Waals surface area (Å²) in [6.07, 6.45) is 11.8. The number of allylic oxidation sites excluding steroid dienone is 4. The number of hydrogen-bond acceptors (Lipinski definition) is 11. The number of carboxylic acids is 2. The van der Waals surface area contributed by atoms with E-state index in [1.807, 2.05) is 62.4 Å². The zero-order valence-corrected chi connectivity index (χ0v) is 47.0. The monoisotopic (exact) mass is 1140 g/mol. The van der Waals surface area contributed by atoms with Crippen LogP contribution in [0.2, 0.25) is 0 Å². The number of Topliss-reactive ketones (excluding diaryl/α,β-unsaturated/α-hetero) is 1. The van der Waals surface area contributed by atoms with Crippen LogP contribution in [0.3, 0.4) is 0 Å². The van der Waals surface area contributed by atoms with E-state index >= 15 is 0 Å². The zero-order chi connectivity index (χ0) is 58.0. The second kappa shape index (κ2) is 28.1. The average Bonchev–Trinajstić information content (AvgIpc) is 4.04. The number of carboxylic acid groups (broad SMARTS) is 2. The van der Waals surface area contributed by atoms with Crippen molar-refractivity contribution in [3.8, 4) is 29.4 Å². The van der Waals surface area contributed by atoms with Gasteiger partial charge in [-0.2, -0.15) is 9.44 Å². The highest BCUT2D eigenvalue weighted by Crippen LogP contribution is 2.38. The van der Waals surface area contributed by atoms with Gasteiger partial charge in [0.2, 0.25) is 26.0 Å². The molecule has 5 aromatic rings. The predicted molar refractivity (Wildman–Crippen MR) is 310 cm³/mol. The third kappa shape index (κ3) is 17.9. The summed E-state index contributed by atoms with van der Waals surface area (Å²) in [4.78, 5) is 51.5. The Morgan fingerprint density at radius 3 is 1.79 bits per heavy atom. The first-order chi connectivity index (χ1) is 38.7. The Kier molecular flexibility index (Phi) is 21.2. The summed E-state index contributed by atoms with van der Waals surface area (Å²) in [7, 11) is -8.19. The van der Waals surface area contributed by atoms with Crippen molar-refractivity contribution in [3.63, 3.8) is 0 Å². The number of rotatable bonds is 20. The summed E-state index contributed by atoms with van der Waals surface area (Å²) in [5, 5.41) is 25.6. The Bertz CT molecular complexity index is 3410. The molecule has 8 rings (SSSR count). The molecule has 81 heavy (non-hydrogen) atoms. The molecule has 18 heteroatoms. The van der Waals surface area contributed by atoms with Crippen LogP contribution < -0.4 is 30.5 Å². The number of aliphatic carboxylic acids is 2. The number of amides is 1. The number of ether oxygens (including phenoxy) is 1. The van der Waals surface area contributed by atoms with Gasteiger partial charge in [-0.15, -0.1) is 0 Å². The number of nitrogens with one attached hydrogen (secondary N) is 4. The molecule has 5 aromatic carbocycles. The molecule has 8 N–H and O–H groups in total. The van der Waals surface area contributed by atoms with Crippen molar-refractivity contribution in [3.05, 3.63) is 185 Å². The highest BCUT2D eigenvalue weighted by Gasteiger charge is 2.45. The van der Waals surface area contributed by atoms with Crippen molar-refractivity contribution in [2.75, 3.05) is 13.2 Å². The average molecular weight is 1140 g/mol. The van der Waals surface area contributed by atoms with E-state index < -0.39 is 73.0 Å². The lowest BCUT2D eigenvalue weighted by molar-refractivity contribution is -0.142. The fourth-order valence-corrected chi connectivity index (χ4v) is 12.1. The van der Waals surface area contributed by atoms with Gasteiger partial charge in [-0.25, -0.2) is 21.6 Å². The Balaban J connectivity index is 0.000000234. The van der Waals surface area contributed by atoms with Crippen LogP contribution >= 0.6 is 0 Å². The number of carbonyl (C=O) groups is 4. The Morgan fingerprint density at radius 1 is 0.691 bits per heavy atom. The van der Waals surface area contributed by atoms with E-state index in [-0.39, 0.29) is 47.9 Å². The van der Waals surface area contributed by atoms with Crippen molar-refractivity contribution >= 4 is 43.7 Å². The SMILES string of the molecule is Cc1ccc(S(=O)(=O)NC(CC2(C(=O)[C@@H]3CCCN3)C=CC(C#CCOc3ccccc3)=CC2)C(=O)O)cc1.Cc1ccc(S(=O)(=O)NC(Cc2ccccc2)C(=O)NC(Cc2ccc(C#CC3(N)CCCCC3)cc2)C(=O)O)cc1. The van der Waals surface area contributed by atoms with Gasteiger partial charge in [0.05, 0.1) is 26.8 Å². The normalized spacial score (nSPS) is 18.6. The quantitative estimate of drug-likeness (QED) is 0.0384. The van der Waals surface area contributed by atoms with Crippen LogP contribution in [0.1, 0.15) is 85.6 Å². The molecule has 0 bridgehead atoms. The number of aryl methyl sites for hydroxylation is 2. The second-order valence-corrected chi connectivity index (χ2v) is 24.2. The van der Waals surface area contributed by atoms with Crippen molar-refractivity contribution < 1.29 is 51.0 Å². The van der Waals surface area contributed by atoms with Crippen LogP contribution in [0.5, 0.6) is 5.75 Å². The van der Waals surface area contributed by atoms with Crippen LogP contribution in [0.15, 0.2) is 167 Å². The number of sulfonamides is 2. The van der Waals surface area contributed by atoms with Gasteiger partial charge in [0, 0.05) is 17.6 Å². The van der Waals surface area contributed by atoms with Crippen LogP contribution in [0.4, 0.5) is 0 Å². The minimum absolute atomic E-state index is 0.0123. The smallest absolute Gasteiger partial charge is 0.326 e. The lowest BCUT2D eigenvalue weighted by Gasteiger charge is -2.35. The molecule has 0 spiro atoms. The van der Waals surface area contributed by atoms with E-state index in [2.05, 4.69) is 43.8 Å². The third-order valence-electron chi connectivity index (χ3n) is 14.4. The molecule has 1 saturated heterocycles. The largest absolute Gasteiger partial charge is 0.481 e. The first kappa shape index (κ1) is 61.0. The van der Waals surface area contributed by atoms with Crippen LogP contribution in [-0.4, -0.2) is 93.5 Å². The zero-order valence-electron chi connectivity index (χ0n) is 45.4. The van der Waals surface area contributed by atoms with Crippen LogP contribution in [0.25, 0.3) is 0 Å². The van der Waals surface area contributed by atoms with Gasteiger partial charge in [0.1, 0.15) is 30.5 Å². The van der Waals surface area contributed by atoms with Gasteiger partial charge in [-0.3, -0.25) is 14.4 Å². The molecule has 3 aliphatic rings. The molecular weight excluding hydrogens is 1070 g/mol. The van der Waals surface area contributed by atoms with Crippen molar-refractivity contribution in [1.29, 1.82) is 0 Å². The van der Waals surface area contributed by atoms with Gasteiger partial charge < -0.3 is 31.3 Å². The first-order valence-electron chi connectivity index (χ1n) is 26.9. The standard InChI is InChI=1S/C33H37N3O5S.C30H32N2O6S/c1-24-10-16-28(17-11-24)42(40,41)36-29(22-26-8-4-2-5-9-26)31(37)35-30(32(38)39)23-27-14-12-25(13-15-27)18-21-33(34)19-6-3-7-20-33;1-22-11-13-25(14-12-22)39(36,37)32-27(29(34)35)21-30(28(33)26-10-5-19-31-26)17-15-23(16-18-30)7-6-20-38-24-8-3-2-4-9-24/h2,4-5,8-17,29-30,36H,3,6-7,19-20,22-23,34H2,1H3,(H,35,37)(H,38,39);2-4,8-9,11-17,26-27,31-32H,5,10,18-21H2,1H3,(H,34,35)/t;26-,27?,30?/m.0/s1. The molecule has 2 aliphatic carbocycles. The number of benzene rings is 5. The molecule has 1 aliphatic heterocycles. The van der Waals surface area contributed by atoms with Gasteiger partial charge in [-0.1, -0.05) is 151 Å². The summed E-state index contributed by atoms with van der Waals surface area (Å²) in [6, 6.07) is 33.4. The topological polar surface area (TPSA) is 260 Å². The van der Waals surface area contributed by atoms with Gasteiger partial charge in [-0.05, 0) is 131 Å². The van der Waals surface area contributed by atoms with E-state index in [0.29, 0.717) is 29.9 Å². The van der Waals surface area contributed by atoms with Gasteiger partial charge >= 0.3 is 11.9 Å². The van der Waals surface area contributed by atoms with Crippen LogP contribution in [0, 0.1) is 42.9 Å². The molecule has 0 radical (unpaired) electrons. The van der Waals surface area contributed by atoms with E-state index in [1.165, 1.54) is 30.7 Å². The highest BCUT2D eigenvalue weighted by atomic mass is 32.2. The molecular formula is C63H69N5O11S2. The van der Waals surface area contributed by atoms with Gasteiger partial charge in [0.15, 0.2) is 5.78 Å². The van der Waals surface area contributed by atoms with E-state index in [4.69, 9.17) is 10.5 Å². The molecule has 5 atom stereocenters. The Hall–Kier alpha value is -7.68. The predicted octanol–water partition coefficient (Wildman–Crippen LogP) is 7.10. The summed E-state index contributed by atoms with van der Waals surface area (Å²) in [5.74, 6) is 9.58. The van der Waals surface area contributed by atoms with Crippen molar-refractivity contribution in [1.82, 2.24) is 20.1 Å². The van der Waals surface area contributed by atoms with Crippen LogP contribution in [-0.2, 0) is 52.1 Å². The van der Waals surface area contributed by atoms with E-state index in [9.17, 15) is 46.2 Å². The summed E-state index contributed by atoms with van der Waals surface area (Å²) >= 11 is 0. The van der Waals surface area contributed by atoms with E-state index in [0.717, 1.165) is 54.4 Å². The second-order valence-electron chi connectivity index (χ2n) is 20.7. The Morgan fingerprint density at radius 2 is 1.25 bits per heavy atom. The van der Waals surface area contributed by atoms with Gasteiger partial charge in [0.25, 0.3) is 0 Å². The van der Waals surface area contributed by atoms with E-state index in [1.54, 1.807) is 78.9 Å². The highest BCUT2D eigenvalue weighted by molar-refractivity contribution is 7.89. The molecule has 2 fully saturated rings. The molecule has 16 nitrogen and oxygen atoms in total. The Labute approximate surface area is 475 Å². The fourth-order valence-electron chi connectivity index (χ4n) is 9.70. The maximum Gasteiger partial charge on any atom is 0.326 e. The maximum atomic E-state index is 13.7. The lowest BCUT2D eigenvalue weighted by Crippen LogP contribution is -2.53. The number of ketones is 1. The molecule has 1 saturated carbocycles. The molecule has 0 aromatic heterocycles. The summed E-state index contributed by atoms with van der Waals surface area (Å²) < 4.78 is 62.7. The van der Waals surface area contributed by atoms with Crippen molar-refractivity contribution in [2.24, 2.45) is 11.1 Å². The minimum Gasteiger partial charge on any atom is -0.481 e. The number of para-hydroxylation sites is 1. The molecule has 4 unspecified atom stereocenters. The summed E-state index contributed by atoms with van der Waals surface area (Å²) in [6.45, 7) is 4.56. The maximum absolute atomic E-state index is 13.7. The third-order valence-corrected chi connectivity index (χ3v) is 17.3. The number of carbonyl (C=O) groups excluding carboxylic acids is 2. The molecule has 1 heterocycles. The summed E-state index contributed by atoms with van der Waals surface area (Å²) in [5.41, 5.74) is 9.38. The number of nitrogens with two attached hydrogens (primary N) is 1. The van der Waals surface area contributed by atoms with Crippen molar-refractivity contribution in [2.45, 2.75) is 124 Å².